The van der Waals surface area contributed by atoms with E-state index < -0.39 is 0 Å². The monoisotopic (exact) mass is 626 g/mol. The molecule has 0 unspecified atom stereocenters. The number of nitrogens with one attached hydrogen (secondary N) is 4. The number of hydrogen-bond donors (Lipinski definition) is 4. The standard InChI is InChI=1S/C26H20N2.C18H22N2/c1-3-7-21-17-25(11-9-19(21)5-1)27-23-13-15-24(16-14-23)28-26-12-10-20-6-2-4-8-22(20)18-26;1-3-7-15(8-4-1)19-17-11-13-18(14-12-17)20-16-9-5-2-6-10-16/h1-18,27-28H;1,3-4,7-8,11-14,16,19-20H,2,5-6,9-10H2. The Bertz CT molecular complexity index is 1950. The molecule has 0 amide bonds. The average Bonchev–Trinajstić information content (AvgIpc) is 3.14. The molecule has 7 aromatic carbocycles. The van der Waals surface area contributed by atoms with Gasteiger partial charge in [-0.05, 0) is 119 Å². The lowest BCUT2D eigenvalue weighted by molar-refractivity contribution is 0.463. The fraction of sp³-hybridized carbons (Fsp3) is 0.136. The summed E-state index contributed by atoms with van der Waals surface area (Å²) < 4.78 is 0. The number of hydrogen-bond acceptors (Lipinski definition) is 4. The van der Waals surface area contributed by atoms with Crippen LogP contribution >= 0.6 is 0 Å². The van der Waals surface area contributed by atoms with Gasteiger partial charge in [-0.15, -0.1) is 0 Å². The van der Waals surface area contributed by atoms with Gasteiger partial charge in [0.2, 0.25) is 0 Å². The highest BCUT2D eigenvalue weighted by molar-refractivity contribution is 5.87. The van der Waals surface area contributed by atoms with Crippen molar-refractivity contribution < 1.29 is 0 Å². The van der Waals surface area contributed by atoms with Crippen molar-refractivity contribution in [1.29, 1.82) is 0 Å². The molecule has 7 aromatic rings. The molecule has 0 radical (unpaired) electrons. The van der Waals surface area contributed by atoms with Gasteiger partial charge in [-0.1, -0.05) is 98.1 Å². The van der Waals surface area contributed by atoms with Gasteiger partial charge in [0.15, 0.2) is 0 Å². The van der Waals surface area contributed by atoms with Crippen LogP contribution in [0, 0.1) is 0 Å². The highest BCUT2D eigenvalue weighted by Crippen LogP contribution is 2.27. The molecule has 0 spiro atoms. The fourth-order valence-electron chi connectivity index (χ4n) is 6.32. The van der Waals surface area contributed by atoms with Crippen molar-refractivity contribution in [2.45, 2.75) is 38.1 Å². The molecular formula is C44H42N4. The molecule has 0 bridgehead atoms. The quantitative estimate of drug-likeness (QED) is 0.136. The lowest BCUT2D eigenvalue weighted by Crippen LogP contribution is -2.22. The zero-order valence-electron chi connectivity index (χ0n) is 27.2. The second-order valence-electron chi connectivity index (χ2n) is 12.5. The molecule has 0 heterocycles. The van der Waals surface area contributed by atoms with Gasteiger partial charge in [0.1, 0.15) is 0 Å². The van der Waals surface area contributed by atoms with E-state index in [9.17, 15) is 0 Å². The van der Waals surface area contributed by atoms with Gasteiger partial charge in [-0.3, -0.25) is 0 Å². The van der Waals surface area contributed by atoms with Crippen molar-refractivity contribution in [2.75, 3.05) is 21.3 Å². The van der Waals surface area contributed by atoms with Crippen molar-refractivity contribution >= 4 is 61.4 Å². The Morgan fingerprint density at radius 2 is 0.688 bits per heavy atom. The minimum Gasteiger partial charge on any atom is -0.382 e. The van der Waals surface area contributed by atoms with E-state index in [0.717, 1.165) is 34.1 Å². The van der Waals surface area contributed by atoms with Crippen LogP contribution < -0.4 is 21.3 Å². The lowest BCUT2D eigenvalue weighted by atomic mass is 9.95. The van der Waals surface area contributed by atoms with Crippen molar-refractivity contribution in [3.05, 3.63) is 164 Å². The smallest absolute Gasteiger partial charge is 0.0390 e. The van der Waals surface area contributed by atoms with Crippen LogP contribution in [-0.2, 0) is 0 Å². The Kier molecular flexibility index (Phi) is 9.80. The van der Waals surface area contributed by atoms with E-state index in [4.69, 9.17) is 0 Å². The van der Waals surface area contributed by atoms with Crippen LogP contribution in [0.1, 0.15) is 32.1 Å². The molecule has 48 heavy (non-hydrogen) atoms. The number of benzene rings is 7. The van der Waals surface area contributed by atoms with Crippen LogP contribution in [0.5, 0.6) is 0 Å². The summed E-state index contributed by atoms with van der Waals surface area (Å²) in [6.07, 6.45) is 6.75. The molecule has 238 valence electrons. The van der Waals surface area contributed by atoms with Crippen molar-refractivity contribution in [1.82, 2.24) is 0 Å². The van der Waals surface area contributed by atoms with E-state index in [0.29, 0.717) is 6.04 Å². The fourth-order valence-corrected chi connectivity index (χ4v) is 6.32. The summed E-state index contributed by atoms with van der Waals surface area (Å²) in [7, 11) is 0. The van der Waals surface area contributed by atoms with Crippen LogP contribution in [0.3, 0.4) is 0 Å². The largest absolute Gasteiger partial charge is 0.382 e. The van der Waals surface area contributed by atoms with Crippen LogP contribution in [0.4, 0.5) is 39.8 Å². The zero-order chi connectivity index (χ0) is 32.4. The molecule has 1 aliphatic rings. The summed E-state index contributed by atoms with van der Waals surface area (Å²) in [5, 5.41) is 19.0. The Morgan fingerprint density at radius 3 is 1.19 bits per heavy atom. The maximum atomic E-state index is 3.64. The molecule has 4 heteroatoms. The van der Waals surface area contributed by atoms with Gasteiger partial charge < -0.3 is 21.3 Å². The first-order chi connectivity index (χ1) is 23.7. The number of rotatable bonds is 8. The molecule has 8 rings (SSSR count). The van der Waals surface area contributed by atoms with Crippen molar-refractivity contribution in [2.24, 2.45) is 0 Å². The Hall–Kier alpha value is -5.74. The van der Waals surface area contributed by atoms with E-state index in [1.807, 2.05) is 18.2 Å². The summed E-state index contributed by atoms with van der Waals surface area (Å²) in [6.45, 7) is 0. The first-order valence-corrected chi connectivity index (χ1v) is 17.0. The van der Waals surface area contributed by atoms with E-state index in [-0.39, 0.29) is 0 Å². The Morgan fingerprint density at radius 1 is 0.312 bits per heavy atom. The van der Waals surface area contributed by atoms with Gasteiger partial charge in [0.25, 0.3) is 0 Å². The molecule has 0 saturated heterocycles. The van der Waals surface area contributed by atoms with Gasteiger partial charge in [0, 0.05) is 45.9 Å². The lowest BCUT2D eigenvalue weighted by Gasteiger charge is -2.24. The first kappa shape index (κ1) is 30.9. The molecule has 4 N–H and O–H groups in total. The van der Waals surface area contributed by atoms with Crippen molar-refractivity contribution in [3.8, 4) is 0 Å². The predicted octanol–water partition coefficient (Wildman–Crippen LogP) is 12.7. The van der Waals surface area contributed by atoms with Crippen LogP contribution in [0.25, 0.3) is 21.5 Å². The molecule has 0 aromatic heterocycles. The zero-order valence-corrected chi connectivity index (χ0v) is 27.2. The average molecular weight is 627 g/mol. The molecule has 0 aliphatic heterocycles. The summed E-state index contributed by atoms with van der Waals surface area (Å²) in [4.78, 5) is 0. The van der Waals surface area contributed by atoms with Crippen LogP contribution in [0.2, 0.25) is 0 Å². The second kappa shape index (κ2) is 15.2. The van der Waals surface area contributed by atoms with Crippen LogP contribution in [-0.4, -0.2) is 6.04 Å². The van der Waals surface area contributed by atoms with E-state index in [2.05, 4.69) is 167 Å². The topological polar surface area (TPSA) is 48.1 Å². The predicted molar refractivity (Wildman–Crippen MR) is 208 cm³/mol. The van der Waals surface area contributed by atoms with Gasteiger partial charge in [-0.2, -0.15) is 0 Å². The summed E-state index contributed by atoms with van der Waals surface area (Å²) in [5.74, 6) is 0. The van der Waals surface area contributed by atoms with Gasteiger partial charge in [0.05, 0.1) is 0 Å². The minimum absolute atomic E-state index is 0.664. The minimum atomic E-state index is 0.664. The molecule has 1 aliphatic carbocycles. The number of fused-ring (bicyclic) bond motifs is 2. The highest BCUT2D eigenvalue weighted by atomic mass is 14.9. The third kappa shape index (κ3) is 8.34. The Balaban J connectivity index is 0.000000161. The number of anilines is 7. The maximum absolute atomic E-state index is 3.64. The summed E-state index contributed by atoms with van der Waals surface area (Å²) in [5.41, 5.74) is 7.81. The second-order valence-corrected chi connectivity index (χ2v) is 12.5. The molecule has 0 atom stereocenters. The van der Waals surface area contributed by atoms with Gasteiger partial charge >= 0.3 is 0 Å². The van der Waals surface area contributed by atoms with E-state index in [1.165, 1.54) is 59.3 Å². The first-order valence-electron chi connectivity index (χ1n) is 17.0. The maximum Gasteiger partial charge on any atom is 0.0390 e. The Labute approximate surface area is 283 Å². The normalized spacial score (nSPS) is 12.9. The van der Waals surface area contributed by atoms with Crippen LogP contribution in [0.15, 0.2) is 164 Å². The molecular weight excluding hydrogens is 585 g/mol. The molecule has 1 fully saturated rings. The highest BCUT2D eigenvalue weighted by Gasteiger charge is 2.12. The third-order valence-electron chi connectivity index (χ3n) is 8.88. The third-order valence-corrected chi connectivity index (χ3v) is 8.88. The summed E-state index contributed by atoms with van der Waals surface area (Å²) in [6, 6.07) is 57.6. The number of para-hydroxylation sites is 1. The SMILES string of the molecule is c1ccc(Nc2ccc(NC3CCCCC3)cc2)cc1.c1ccc2cc(Nc3ccc(Nc4ccc5ccccc5c4)cc3)ccc2c1. The van der Waals surface area contributed by atoms with Gasteiger partial charge in [-0.25, -0.2) is 0 Å². The summed E-state index contributed by atoms with van der Waals surface area (Å²) >= 11 is 0. The van der Waals surface area contributed by atoms with E-state index >= 15 is 0 Å². The molecule has 4 nitrogen and oxygen atoms in total. The van der Waals surface area contributed by atoms with Crippen molar-refractivity contribution in [3.63, 3.8) is 0 Å². The molecule has 1 saturated carbocycles. The van der Waals surface area contributed by atoms with E-state index in [1.54, 1.807) is 0 Å².